The number of benzene rings is 2. The molecule has 2 aromatic rings. The van der Waals surface area contributed by atoms with Crippen LogP contribution in [-0.4, -0.2) is 60.2 Å². The van der Waals surface area contributed by atoms with Crippen LogP contribution in [0.2, 0.25) is 5.02 Å². The third-order valence-electron chi connectivity index (χ3n) is 6.00. The van der Waals surface area contributed by atoms with Gasteiger partial charge in [0.05, 0.1) is 17.3 Å². The highest BCUT2D eigenvalue weighted by Crippen LogP contribution is 2.38. The van der Waals surface area contributed by atoms with Gasteiger partial charge in [0.1, 0.15) is 0 Å². The molecule has 1 saturated heterocycles. The number of halogens is 1. The molecule has 2 N–H and O–H groups in total. The maximum Gasteiger partial charge on any atom is 0.254 e. The Morgan fingerprint density at radius 2 is 1.72 bits per heavy atom. The SMILES string of the molecule is CC1CC1C(=O)Nc1cccc(C(=O)N2CCN(CC(=O)Nc3ccccc3Cl)CC2)c1. The Labute approximate surface area is 192 Å². The first-order chi connectivity index (χ1) is 15.4. The number of carbonyl (C=O) groups is 3. The second kappa shape index (κ2) is 9.71. The second-order valence-corrected chi connectivity index (χ2v) is 8.89. The van der Waals surface area contributed by atoms with Crippen molar-refractivity contribution >= 4 is 40.7 Å². The van der Waals surface area contributed by atoms with Crippen LogP contribution in [0, 0.1) is 11.8 Å². The van der Waals surface area contributed by atoms with Crippen LogP contribution in [0.5, 0.6) is 0 Å². The van der Waals surface area contributed by atoms with E-state index in [4.69, 9.17) is 11.6 Å². The Kier molecular flexibility index (Phi) is 6.77. The summed E-state index contributed by atoms with van der Waals surface area (Å²) < 4.78 is 0. The molecule has 1 saturated carbocycles. The quantitative estimate of drug-likeness (QED) is 0.701. The fourth-order valence-electron chi connectivity index (χ4n) is 3.90. The van der Waals surface area contributed by atoms with Crippen molar-refractivity contribution in [3.8, 4) is 0 Å². The third kappa shape index (κ3) is 5.47. The first-order valence-electron chi connectivity index (χ1n) is 10.9. The third-order valence-corrected chi connectivity index (χ3v) is 6.33. The van der Waals surface area contributed by atoms with Crippen LogP contribution in [-0.2, 0) is 9.59 Å². The largest absolute Gasteiger partial charge is 0.336 e. The molecule has 2 aromatic carbocycles. The van der Waals surface area contributed by atoms with Gasteiger partial charge in [0.2, 0.25) is 11.8 Å². The lowest BCUT2D eigenvalue weighted by molar-refractivity contribution is -0.118. The van der Waals surface area contributed by atoms with Gasteiger partial charge in [0.25, 0.3) is 5.91 Å². The van der Waals surface area contributed by atoms with Gasteiger partial charge in [-0.3, -0.25) is 19.3 Å². The molecule has 7 nitrogen and oxygen atoms in total. The number of para-hydroxylation sites is 1. The summed E-state index contributed by atoms with van der Waals surface area (Å²) >= 11 is 6.09. The minimum atomic E-state index is -0.133. The predicted molar refractivity (Wildman–Crippen MR) is 125 cm³/mol. The number of carbonyl (C=O) groups excluding carboxylic acids is 3. The van der Waals surface area contributed by atoms with Crippen molar-refractivity contribution in [1.82, 2.24) is 9.80 Å². The van der Waals surface area contributed by atoms with E-state index in [1.54, 1.807) is 41.3 Å². The van der Waals surface area contributed by atoms with Crippen molar-refractivity contribution in [3.05, 3.63) is 59.1 Å². The maximum atomic E-state index is 12.9. The summed E-state index contributed by atoms with van der Waals surface area (Å²) in [5.41, 5.74) is 1.79. The number of hydrogen-bond donors (Lipinski definition) is 2. The smallest absolute Gasteiger partial charge is 0.254 e. The Balaban J connectivity index is 1.27. The molecule has 2 unspecified atom stereocenters. The first kappa shape index (κ1) is 22.3. The maximum absolute atomic E-state index is 12.9. The second-order valence-electron chi connectivity index (χ2n) is 8.49. The van der Waals surface area contributed by atoms with E-state index in [1.807, 2.05) is 17.0 Å². The van der Waals surface area contributed by atoms with E-state index in [0.717, 1.165) is 6.42 Å². The summed E-state index contributed by atoms with van der Waals surface area (Å²) in [5.74, 6) is 0.332. The molecular weight excluding hydrogens is 428 g/mol. The van der Waals surface area contributed by atoms with Crippen LogP contribution in [0.3, 0.4) is 0 Å². The Hall–Kier alpha value is -2.90. The molecule has 168 valence electrons. The average molecular weight is 455 g/mol. The van der Waals surface area contributed by atoms with Gasteiger partial charge in [-0.25, -0.2) is 0 Å². The van der Waals surface area contributed by atoms with Gasteiger partial charge >= 0.3 is 0 Å². The fraction of sp³-hybridized carbons (Fsp3) is 0.375. The van der Waals surface area contributed by atoms with Gasteiger partial charge in [0, 0.05) is 43.3 Å². The van der Waals surface area contributed by atoms with Gasteiger partial charge in [-0.2, -0.15) is 0 Å². The Morgan fingerprint density at radius 3 is 2.41 bits per heavy atom. The summed E-state index contributed by atoms with van der Waals surface area (Å²) in [5, 5.41) is 6.24. The summed E-state index contributed by atoms with van der Waals surface area (Å²) in [7, 11) is 0. The summed E-state index contributed by atoms with van der Waals surface area (Å²) in [6, 6.07) is 14.2. The van der Waals surface area contributed by atoms with Crippen molar-refractivity contribution in [2.45, 2.75) is 13.3 Å². The van der Waals surface area contributed by atoms with E-state index in [-0.39, 0.29) is 30.2 Å². The summed E-state index contributed by atoms with van der Waals surface area (Å²) in [4.78, 5) is 41.3. The summed E-state index contributed by atoms with van der Waals surface area (Å²) in [6.07, 6.45) is 0.922. The van der Waals surface area contributed by atoms with E-state index < -0.39 is 0 Å². The zero-order valence-corrected chi connectivity index (χ0v) is 18.8. The summed E-state index contributed by atoms with van der Waals surface area (Å²) in [6.45, 7) is 4.59. The zero-order chi connectivity index (χ0) is 22.7. The van der Waals surface area contributed by atoms with E-state index in [9.17, 15) is 14.4 Å². The number of anilines is 2. The number of hydrogen-bond acceptors (Lipinski definition) is 4. The molecule has 0 bridgehead atoms. The molecule has 0 spiro atoms. The van der Waals surface area contributed by atoms with Gasteiger partial charge in [-0.15, -0.1) is 0 Å². The Bertz CT molecular complexity index is 1020. The van der Waals surface area contributed by atoms with Crippen molar-refractivity contribution in [3.63, 3.8) is 0 Å². The standard InChI is InChI=1S/C24H27ClN4O3/c1-16-13-19(16)23(31)26-18-6-4-5-17(14-18)24(32)29-11-9-28(10-12-29)15-22(30)27-21-8-3-2-7-20(21)25/h2-8,14,16,19H,9-13,15H2,1H3,(H,26,31)(H,27,30). The molecule has 8 heteroatoms. The monoisotopic (exact) mass is 454 g/mol. The molecule has 0 aromatic heterocycles. The van der Waals surface area contributed by atoms with E-state index in [1.165, 1.54) is 0 Å². The van der Waals surface area contributed by atoms with Crippen molar-refractivity contribution in [2.24, 2.45) is 11.8 Å². The number of nitrogens with zero attached hydrogens (tertiary/aromatic N) is 2. The Morgan fingerprint density at radius 1 is 1.00 bits per heavy atom. The number of nitrogens with one attached hydrogen (secondary N) is 2. The molecular formula is C24H27ClN4O3. The predicted octanol–water partition coefficient (Wildman–Crippen LogP) is 3.33. The topological polar surface area (TPSA) is 81.8 Å². The molecule has 1 aliphatic carbocycles. The van der Waals surface area contributed by atoms with Crippen LogP contribution in [0.25, 0.3) is 0 Å². The minimum absolute atomic E-state index is 0.0192. The van der Waals surface area contributed by atoms with Crippen LogP contribution < -0.4 is 10.6 Å². The lowest BCUT2D eigenvalue weighted by atomic mass is 10.1. The molecule has 4 rings (SSSR count). The number of rotatable bonds is 6. The molecule has 0 radical (unpaired) electrons. The normalized spacial score (nSPS) is 20.5. The van der Waals surface area contributed by atoms with Gasteiger partial charge in [-0.1, -0.05) is 36.7 Å². The zero-order valence-electron chi connectivity index (χ0n) is 18.0. The van der Waals surface area contributed by atoms with Gasteiger partial charge < -0.3 is 15.5 Å². The van der Waals surface area contributed by atoms with Gasteiger partial charge in [-0.05, 0) is 42.7 Å². The van der Waals surface area contributed by atoms with E-state index >= 15 is 0 Å². The molecule has 1 heterocycles. The first-order valence-corrected chi connectivity index (χ1v) is 11.3. The van der Waals surface area contributed by atoms with Crippen LogP contribution in [0.1, 0.15) is 23.7 Å². The molecule has 1 aliphatic heterocycles. The highest BCUT2D eigenvalue weighted by Gasteiger charge is 2.39. The molecule has 3 amide bonds. The number of piperazine rings is 1. The lowest BCUT2D eigenvalue weighted by Crippen LogP contribution is -2.50. The average Bonchev–Trinajstić information content (AvgIpc) is 3.52. The van der Waals surface area contributed by atoms with Gasteiger partial charge in [0.15, 0.2) is 0 Å². The molecule has 2 atom stereocenters. The lowest BCUT2D eigenvalue weighted by Gasteiger charge is -2.34. The van der Waals surface area contributed by atoms with Crippen LogP contribution in [0.4, 0.5) is 11.4 Å². The highest BCUT2D eigenvalue weighted by molar-refractivity contribution is 6.33. The van der Waals surface area contributed by atoms with Crippen LogP contribution in [0.15, 0.2) is 48.5 Å². The minimum Gasteiger partial charge on any atom is -0.336 e. The van der Waals surface area contributed by atoms with Crippen molar-refractivity contribution < 1.29 is 14.4 Å². The van der Waals surface area contributed by atoms with Crippen molar-refractivity contribution in [1.29, 1.82) is 0 Å². The number of amides is 3. The molecule has 2 aliphatic rings. The van der Waals surface area contributed by atoms with Crippen molar-refractivity contribution in [2.75, 3.05) is 43.4 Å². The van der Waals surface area contributed by atoms with Crippen LogP contribution >= 0.6 is 11.6 Å². The fourth-order valence-corrected chi connectivity index (χ4v) is 4.08. The highest BCUT2D eigenvalue weighted by atomic mass is 35.5. The molecule has 32 heavy (non-hydrogen) atoms. The van der Waals surface area contributed by atoms with E-state index in [0.29, 0.717) is 54.1 Å². The molecule has 2 fully saturated rings. The van der Waals surface area contributed by atoms with E-state index in [2.05, 4.69) is 17.6 Å².